The molecule has 0 bridgehead atoms. The second-order valence-corrected chi connectivity index (χ2v) is 6.82. The average Bonchev–Trinajstić information content (AvgIpc) is 2.88. The highest BCUT2D eigenvalue weighted by Crippen LogP contribution is 2.41. The van der Waals surface area contributed by atoms with E-state index in [2.05, 4.69) is 31.9 Å². The first-order valence-corrected chi connectivity index (χ1v) is 8.12. The Morgan fingerprint density at radius 1 is 1.20 bits per heavy atom. The molecule has 0 saturated carbocycles. The van der Waals surface area contributed by atoms with Crippen molar-refractivity contribution in [1.29, 1.82) is 0 Å². The molecule has 0 saturated heterocycles. The molecule has 1 nitrogen and oxygen atoms in total. The summed E-state index contributed by atoms with van der Waals surface area (Å²) in [6, 6.07) is 8.90. The van der Waals surface area contributed by atoms with Crippen molar-refractivity contribution in [1.82, 2.24) is 0 Å². The Morgan fingerprint density at radius 3 is 2.75 bits per heavy atom. The Balaban J connectivity index is 2.06. The summed E-state index contributed by atoms with van der Waals surface area (Å²) in [5.41, 5.74) is 2.72. The molecule has 1 aliphatic rings. The lowest BCUT2D eigenvalue weighted by molar-refractivity contribution is 0.353. The van der Waals surface area contributed by atoms with Crippen molar-refractivity contribution < 1.29 is 9.13 Å². The van der Waals surface area contributed by atoms with Crippen LogP contribution in [-0.4, -0.2) is 6.61 Å². The third-order valence-corrected chi connectivity index (χ3v) is 4.87. The van der Waals surface area contributed by atoms with Crippen LogP contribution in [0, 0.1) is 5.82 Å². The number of alkyl halides is 1. The Hall–Kier alpha value is -0.580. The molecule has 1 heterocycles. The van der Waals surface area contributed by atoms with E-state index in [1.165, 1.54) is 6.07 Å². The predicted octanol–water partition coefficient (Wildman–Crippen LogP) is 5.61. The van der Waals surface area contributed by atoms with Crippen molar-refractivity contribution in [2.45, 2.75) is 11.8 Å². The Morgan fingerprint density at radius 2 is 2.00 bits per heavy atom. The fourth-order valence-corrected chi connectivity index (χ4v) is 3.40. The van der Waals surface area contributed by atoms with Gasteiger partial charge in [-0.3, -0.25) is 0 Å². The molecule has 1 unspecified atom stereocenters. The van der Waals surface area contributed by atoms with E-state index >= 15 is 0 Å². The summed E-state index contributed by atoms with van der Waals surface area (Å²) < 4.78 is 20.7. The van der Waals surface area contributed by atoms with Crippen LogP contribution in [0.4, 0.5) is 4.39 Å². The van der Waals surface area contributed by atoms with Gasteiger partial charge in [0.1, 0.15) is 11.6 Å². The molecule has 0 N–H and O–H groups in total. The minimum atomic E-state index is -0.443. The molecular weight excluding hydrogens is 410 g/mol. The Kier molecular flexibility index (Phi) is 4.07. The van der Waals surface area contributed by atoms with E-state index in [0.29, 0.717) is 16.6 Å². The number of halogens is 4. The lowest BCUT2D eigenvalue weighted by Gasteiger charge is -2.15. The Labute approximate surface area is 138 Å². The number of rotatable bonds is 2. The number of ether oxygens (including phenoxy) is 1. The smallest absolute Gasteiger partial charge is 0.137 e. The first-order valence-electron chi connectivity index (χ1n) is 6.10. The van der Waals surface area contributed by atoms with Crippen molar-refractivity contribution >= 4 is 43.5 Å². The normalized spacial score (nSPS) is 14.8. The highest BCUT2D eigenvalue weighted by atomic mass is 79.9. The number of hydrogen-bond donors (Lipinski definition) is 0. The van der Waals surface area contributed by atoms with Gasteiger partial charge in [0.15, 0.2) is 0 Å². The molecule has 3 rings (SSSR count). The maximum atomic E-state index is 13.7. The van der Waals surface area contributed by atoms with Crippen LogP contribution in [0.5, 0.6) is 5.75 Å². The van der Waals surface area contributed by atoms with Crippen molar-refractivity contribution in [3.63, 3.8) is 0 Å². The average molecular weight is 421 g/mol. The zero-order valence-corrected chi connectivity index (χ0v) is 14.2. The van der Waals surface area contributed by atoms with Gasteiger partial charge in [-0.05, 0) is 51.3 Å². The summed E-state index contributed by atoms with van der Waals surface area (Å²) in [6.45, 7) is 0.664. The number of fused-ring (bicyclic) bond motifs is 1. The minimum absolute atomic E-state index is 0.319. The third-order valence-electron chi connectivity index (χ3n) is 3.29. The molecule has 0 fully saturated rings. The molecule has 0 aliphatic carbocycles. The Bertz CT molecular complexity index is 675. The molecule has 0 spiro atoms. The van der Waals surface area contributed by atoms with E-state index in [1.807, 2.05) is 18.2 Å². The molecular formula is C15H10Br2ClFO. The van der Waals surface area contributed by atoms with Crippen molar-refractivity contribution in [2.75, 3.05) is 6.61 Å². The minimum Gasteiger partial charge on any atom is -0.493 e. The van der Waals surface area contributed by atoms with Crippen LogP contribution in [0.1, 0.15) is 22.1 Å². The van der Waals surface area contributed by atoms with Gasteiger partial charge in [0.05, 0.1) is 16.5 Å². The van der Waals surface area contributed by atoms with Crippen molar-refractivity contribution in [3.8, 4) is 5.75 Å². The number of hydrogen-bond acceptors (Lipinski definition) is 1. The molecule has 0 radical (unpaired) electrons. The molecule has 2 aromatic rings. The van der Waals surface area contributed by atoms with Gasteiger partial charge in [0.2, 0.25) is 0 Å². The van der Waals surface area contributed by atoms with Crippen LogP contribution in [0.15, 0.2) is 39.3 Å². The SMILES string of the molecule is Fc1cc(C(Cl)c2cc(Br)cc3c2OCC3)ccc1Br. The van der Waals surface area contributed by atoms with E-state index < -0.39 is 5.38 Å². The first kappa shape index (κ1) is 14.4. The molecule has 20 heavy (non-hydrogen) atoms. The second-order valence-electron chi connectivity index (χ2n) is 4.62. The van der Waals surface area contributed by atoms with E-state index in [4.69, 9.17) is 16.3 Å². The summed E-state index contributed by atoms with van der Waals surface area (Å²) in [7, 11) is 0. The highest BCUT2D eigenvalue weighted by Gasteiger charge is 2.23. The van der Waals surface area contributed by atoms with Gasteiger partial charge >= 0.3 is 0 Å². The van der Waals surface area contributed by atoms with Gasteiger partial charge in [-0.25, -0.2) is 4.39 Å². The van der Waals surface area contributed by atoms with Gasteiger partial charge < -0.3 is 4.74 Å². The largest absolute Gasteiger partial charge is 0.493 e. The standard InChI is InChI=1S/C15H10Br2ClFO/c16-10-5-9-3-4-20-15(9)11(7-10)14(18)8-1-2-12(17)13(19)6-8/h1-2,5-7,14H,3-4H2. The second kappa shape index (κ2) is 5.66. The van der Waals surface area contributed by atoms with Crippen LogP contribution in [0.2, 0.25) is 0 Å². The summed E-state index contributed by atoms with van der Waals surface area (Å²) in [4.78, 5) is 0. The molecule has 0 aromatic heterocycles. The topological polar surface area (TPSA) is 9.23 Å². The van der Waals surface area contributed by atoms with Crippen LogP contribution in [0.3, 0.4) is 0 Å². The third kappa shape index (κ3) is 2.61. The zero-order valence-electron chi connectivity index (χ0n) is 10.3. The van der Waals surface area contributed by atoms with Gasteiger partial charge in [-0.1, -0.05) is 22.0 Å². The quantitative estimate of drug-likeness (QED) is 0.574. The van der Waals surface area contributed by atoms with Crippen LogP contribution < -0.4 is 4.74 Å². The summed E-state index contributed by atoms with van der Waals surface area (Å²) >= 11 is 13.2. The fraction of sp³-hybridized carbons (Fsp3) is 0.200. The summed E-state index contributed by atoms with van der Waals surface area (Å²) in [5, 5.41) is -0.443. The van der Waals surface area contributed by atoms with E-state index in [-0.39, 0.29) is 5.82 Å². The molecule has 2 aromatic carbocycles. The predicted molar refractivity (Wildman–Crippen MR) is 85.1 cm³/mol. The van der Waals surface area contributed by atoms with Gasteiger partial charge in [0, 0.05) is 16.5 Å². The van der Waals surface area contributed by atoms with Crippen LogP contribution >= 0.6 is 43.5 Å². The van der Waals surface area contributed by atoms with E-state index in [9.17, 15) is 4.39 Å². The highest BCUT2D eigenvalue weighted by molar-refractivity contribution is 9.10. The lowest BCUT2D eigenvalue weighted by atomic mass is 10.0. The van der Waals surface area contributed by atoms with Gasteiger partial charge in [-0.15, -0.1) is 11.6 Å². The monoisotopic (exact) mass is 418 g/mol. The summed E-state index contributed by atoms with van der Waals surface area (Å²) in [5.74, 6) is 0.511. The van der Waals surface area contributed by atoms with Gasteiger partial charge in [0.25, 0.3) is 0 Å². The first-order chi connectivity index (χ1) is 9.56. The molecule has 104 valence electrons. The zero-order chi connectivity index (χ0) is 14.3. The van der Waals surface area contributed by atoms with Crippen LogP contribution in [0.25, 0.3) is 0 Å². The van der Waals surface area contributed by atoms with Gasteiger partial charge in [-0.2, -0.15) is 0 Å². The molecule has 1 atom stereocenters. The maximum absolute atomic E-state index is 13.7. The molecule has 5 heteroatoms. The van der Waals surface area contributed by atoms with E-state index in [1.54, 1.807) is 6.07 Å². The molecule has 0 amide bonds. The number of benzene rings is 2. The van der Waals surface area contributed by atoms with Crippen molar-refractivity contribution in [3.05, 3.63) is 61.8 Å². The van der Waals surface area contributed by atoms with Crippen LogP contribution in [-0.2, 0) is 6.42 Å². The lowest BCUT2D eigenvalue weighted by Crippen LogP contribution is -1.98. The maximum Gasteiger partial charge on any atom is 0.137 e. The summed E-state index contributed by atoms with van der Waals surface area (Å²) in [6.07, 6.45) is 0.875. The van der Waals surface area contributed by atoms with E-state index in [0.717, 1.165) is 27.8 Å². The fourth-order valence-electron chi connectivity index (χ4n) is 2.34. The molecule has 1 aliphatic heterocycles. The van der Waals surface area contributed by atoms with Crippen molar-refractivity contribution in [2.24, 2.45) is 0 Å².